The normalized spacial score (nSPS) is 19.8. The van der Waals surface area contributed by atoms with Gasteiger partial charge >= 0.3 is 0 Å². The maximum absolute atomic E-state index is 13.2. The molecule has 0 saturated carbocycles. The number of carbonyl (C=O) groups is 2. The molecule has 2 N–H and O–H groups in total. The number of hydrogen-bond donors (Lipinski definition) is 2. The number of aromatic nitrogens is 1. The van der Waals surface area contributed by atoms with E-state index in [9.17, 15) is 18.0 Å². The fourth-order valence-corrected chi connectivity index (χ4v) is 5.90. The molecular formula is C23H30N4O5S. The number of methoxy groups -OCH3 is 1. The average Bonchev–Trinajstić information content (AvgIpc) is 3.35. The molecule has 178 valence electrons. The van der Waals surface area contributed by atoms with Crippen molar-refractivity contribution in [2.45, 2.75) is 37.0 Å². The predicted molar refractivity (Wildman–Crippen MR) is 124 cm³/mol. The van der Waals surface area contributed by atoms with Gasteiger partial charge in [0.25, 0.3) is 5.91 Å². The molecule has 0 bridgehead atoms. The second-order valence-corrected chi connectivity index (χ2v) is 10.5. The van der Waals surface area contributed by atoms with E-state index >= 15 is 0 Å². The first-order valence-electron chi connectivity index (χ1n) is 11.3. The van der Waals surface area contributed by atoms with Crippen LogP contribution in [0.1, 0.15) is 42.6 Å². The number of carbonyl (C=O) groups excluding carboxylic acids is 2. The smallest absolute Gasteiger partial charge is 0.270 e. The quantitative estimate of drug-likeness (QED) is 0.669. The van der Waals surface area contributed by atoms with Gasteiger partial charge < -0.3 is 19.9 Å². The Hall–Kier alpha value is -2.85. The summed E-state index contributed by atoms with van der Waals surface area (Å²) in [5.74, 6) is -0.236. The number of sulfonamides is 1. The Bertz CT molecular complexity index is 1110. The lowest BCUT2D eigenvalue weighted by atomic mass is 9.98. The summed E-state index contributed by atoms with van der Waals surface area (Å²) in [6.45, 7) is 1.82. The Labute approximate surface area is 194 Å². The number of benzene rings is 1. The molecule has 10 heteroatoms. The van der Waals surface area contributed by atoms with Gasteiger partial charge in [-0.25, -0.2) is 8.42 Å². The van der Waals surface area contributed by atoms with Crippen molar-refractivity contribution in [3.05, 3.63) is 42.2 Å². The highest BCUT2D eigenvalue weighted by molar-refractivity contribution is 7.89. The second-order valence-electron chi connectivity index (χ2n) is 8.53. The molecule has 2 aliphatic heterocycles. The molecular weight excluding hydrogens is 444 g/mol. The van der Waals surface area contributed by atoms with Crippen LogP contribution in [0.2, 0.25) is 0 Å². The Morgan fingerprint density at radius 1 is 1.09 bits per heavy atom. The number of hydrogen-bond acceptors (Lipinski definition) is 5. The largest absolute Gasteiger partial charge is 0.497 e. The maximum atomic E-state index is 13.2. The number of piperidine rings is 2. The molecule has 4 rings (SSSR count). The highest BCUT2D eigenvalue weighted by Crippen LogP contribution is 2.26. The van der Waals surface area contributed by atoms with E-state index in [4.69, 9.17) is 4.74 Å². The van der Waals surface area contributed by atoms with Crippen LogP contribution >= 0.6 is 0 Å². The topological polar surface area (TPSA) is 112 Å². The van der Waals surface area contributed by atoms with Crippen molar-refractivity contribution in [2.24, 2.45) is 5.92 Å². The Morgan fingerprint density at radius 3 is 2.64 bits per heavy atom. The van der Waals surface area contributed by atoms with Crippen LogP contribution in [0, 0.1) is 5.92 Å². The molecule has 2 saturated heterocycles. The summed E-state index contributed by atoms with van der Waals surface area (Å²) >= 11 is 0. The van der Waals surface area contributed by atoms with E-state index in [0.29, 0.717) is 43.9 Å². The van der Waals surface area contributed by atoms with Gasteiger partial charge in [0.05, 0.1) is 13.0 Å². The van der Waals surface area contributed by atoms with E-state index in [1.54, 1.807) is 36.3 Å². The Kier molecular flexibility index (Phi) is 7.04. The van der Waals surface area contributed by atoms with Crippen molar-refractivity contribution >= 4 is 27.5 Å². The zero-order chi connectivity index (χ0) is 23.4. The summed E-state index contributed by atoms with van der Waals surface area (Å²) in [5.41, 5.74) is 0.880. The van der Waals surface area contributed by atoms with Crippen molar-refractivity contribution in [3.8, 4) is 5.75 Å². The number of rotatable bonds is 6. The highest BCUT2D eigenvalue weighted by atomic mass is 32.2. The van der Waals surface area contributed by atoms with Gasteiger partial charge in [0, 0.05) is 44.1 Å². The van der Waals surface area contributed by atoms with Gasteiger partial charge in [0.1, 0.15) is 16.3 Å². The first-order valence-corrected chi connectivity index (χ1v) is 12.8. The molecule has 2 fully saturated rings. The lowest BCUT2D eigenvalue weighted by molar-refractivity contribution is -0.120. The minimum atomic E-state index is -3.82. The summed E-state index contributed by atoms with van der Waals surface area (Å²) < 4.78 is 33.0. The molecule has 1 aromatic heterocycles. The Balaban J connectivity index is 1.43. The molecule has 2 aromatic rings. The second kappa shape index (κ2) is 9.96. The van der Waals surface area contributed by atoms with Crippen molar-refractivity contribution in [1.82, 2.24) is 14.2 Å². The van der Waals surface area contributed by atoms with Crippen molar-refractivity contribution in [2.75, 3.05) is 38.6 Å². The summed E-state index contributed by atoms with van der Waals surface area (Å²) in [6.07, 6.45) is 5.59. The van der Waals surface area contributed by atoms with Gasteiger partial charge in [-0.2, -0.15) is 4.31 Å². The molecule has 1 aromatic carbocycles. The lowest BCUT2D eigenvalue weighted by Crippen LogP contribution is -2.43. The van der Waals surface area contributed by atoms with Crippen LogP contribution in [0.4, 0.5) is 5.69 Å². The monoisotopic (exact) mass is 474 g/mol. The van der Waals surface area contributed by atoms with Crippen LogP contribution in [-0.4, -0.2) is 67.7 Å². The van der Waals surface area contributed by atoms with E-state index in [1.807, 2.05) is 0 Å². The summed E-state index contributed by atoms with van der Waals surface area (Å²) in [7, 11) is -2.27. The minimum Gasteiger partial charge on any atom is -0.497 e. The minimum absolute atomic E-state index is 0.0525. The molecule has 33 heavy (non-hydrogen) atoms. The number of amides is 2. The van der Waals surface area contributed by atoms with Crippen LogP contribution in [0.25, 0.3) is 0 Å². The van der Waals surface area contributed by atoms with Crippen LogP contribution in [0.15, 0.2) is 41.4 Å². The first kappa shape index (κ1) is 23.3. The summed E-state index contributed by atoms with van der Waals surface area (Å²) in [4.78, 5) is 30.2. The zero-order valence-corrected chi connectivity index (χ0v) is 19.6. The maximum Gasteiger partial charge on any atom is 0.270 e. The molecule has 3 heterocycles. The number of anilines is 1. The van der Waals surface area contributed by atoms with Crippen LogP contribution in [-0.2, 0) is 14.8 Å². The fraction of sp³-hybridized carbons (Fsp3) is 0.478. The first-order chi connectivity index (χ1) is 15.9. The van der Waals surface area contributed by atoms with Crippen LogP contribution < -0.4 is 10.1 Å². The molecule has 2 amide bonds. The molecule has 0 spiro atoms. The van der Waals surface area contributed by atoms with Gasteiger partial charge in [-0.05, 0) is 50.3 Å². The molecule has 2 aliphatic rings. The van der Waals surface area contributed by atoms with Gasteiger partial charge in [-0.1, -0.05) is 6.07 Å². The third kappa shape index (κ3) is 5.22. The van der Waals surface area contributed by atoms with E-state index in [1.165, 1.54) is 16.6 Å². The van der Waals surface area contributed by atoms with E-state index in [0.717, 1.165) is 19.3 Å². The SMILES string of the molecule is COc1cccc(NC(=O)C2CCCN(S(=O)(=O)c3c[nH]c(C(=O)N4CCCCC4)c3)C2)c1. The van der Waals surface area contributed by atoms with Crippen molar-refractivity contribution in [3.63, 3.8) is 0 Å². The zero-order valence-electron chi connectivity index (χ0n) is 18.7. The Morgan fingerprint density at radius 2 is 1.88 bits per heavy atom. The number of H-pyrrole nitrogens is 1. The third-order valence-corrected chi connectivity index (χ3v) is 8.10. The predicted octanol–water partition coefficient (Wildman–Crippen LogP) is 2.69. The third-order valence-electron chi connectivity index (χ3n) is 6.26. The van der Waals surface area contributed by atoms with Gasteiger partial charge in [0.2, 0.25) is 15.9 Å². The fourth-order valence-electron chi connectivity index (χ4n) is 4.38. The summed E-state index contributed by atoms with van der Waals surface area (Å²) in [5, 5.41) is 2.86. The molecule has 0 radical (unpaired) electrons. The van der Waals surface area contributed by atoms with Crippen LogP contribution in [0.5, 0.6) is 5.75 Å². The van der Waals surface area contributed by atoms with Gasteiger partial charge in [-0.3, -0.25) is 9.59 Å². The van der Waals surface area contributed by atoms with Crippen molar-refractivity contribution in [1.29, 1.82) is 0 Å². The molecule has 9 nitrogen and oxygen atoms in total. The van der Waals surface area contributed by atoms with Gasteiger partial charge in [-0.15, -0.1) is 0 Å². The van der Waals surface area contributed by atoms with E-state index in [2.05, 4.69) is 10.3 Å². The number of nitrogens with one attached hydrogen (secondary N) is 2. The highest BCUT2D eigenvalue weighted by Gasteiger charge is 2.34. The van der Waals surface area contributed by atoms with Gasteiger partial charge in [0.15, 0.2) is 0 Å². The lowest BCUT2D eigenvalue weighted by Gasteiger charge is -2.31. The average molecular weight is 475 g/mol. The molecule has 0 aliphatic carbocycles. The number of ether oxygens (including phenoxy) is 1. The molecule has 1 atom stereocenters. The summed E-state index contributed by atoms with van der Waals surface area (Å²) in [6, 6.07) is 8.45. The molecule has 1 unspecified atom stereocenters. The van der Waals surface area contributed by atoms with E-state index in [-0.39, 0.29) is 28.9 Å². The van der Waals surface area contributed by atoms with E-state index < -0.39 is 15.9 Å². The standard InChI is InChI=1S/C23H30N4O5S/c1-32-19-9-5-8-18(13-19)25-22(28)17-7-6-12-27(16-17)33(30,31)20-14-21(24-15-20)23(29)26-10-3-2-4-11-26/h5,8-9,13-15,17,24H,2-4,6-7,10-12,16H2,1H3,(H,25,28). The van der Waals surface area contributed by atoms with Crippen LogP contribution in [0.3, 0.4) is 0 Å². The number of aromatic amines is 1. The number of nitrogens with zero attached hydrogens (tertiary/aromatic N) is 2. The van der Waals surface area contributed by atoms with Crippen molar-refractivity contribution < 1.29 is 22.7 Å². The number of likely N-dealkylation sites (tertiary alicyclic amines) is 1.